The van der Waals surface area contributed by atoms with Gasteiger partial charge in [0.05, 0.1) is 10.5 Å². The number of amides is 1. The number of halogens is 3. The molecule has 0 radical (unpaired) electrons. The van der Waals surface area contributed by atoms with Crippen LogP contribution >= 0.6 is 0 Å². The Morgan fingerprint density at radius 2 is 1.79 bits per heavy atom. The minimum atomic E-state index is -5.56. The van der Waals surface area contributed by atoms with Crippen molar-refractivity contribution in [1.29, 1.82) is 0 Å². The molecule has 1 aliphatic rings. The number of carbonyl (C=O) groups is 1. The first-order valence-corrected chi connectivity index (χ1v) is 9.39. The SMILES string of the molecule is C=CCn1c2c(c(=O)[nH]c1=O)C(NS(=O)(=O)c1ccccc1)(C(F)(F)F)C(=O)N2. The summed E-state index contributed by atoms with van der Waals surface area (Å²) in [6, 6.07) is 6.01. The Bertz CT molecular complexity index is 1220. The Hall–Kier alpha value is -3.19. The second-order valence-corrected chi connectivity index (χ2v) is 7.69. The van der Waals surface area contributed by atoms with Crippen molar-refractivity contribution in [3.8, 4) is 0 Å². The summed E-state index contributed by atoms with van der Waals surface area (Å²) in [5, 5.41) is 1.81. The van der Waals surface area contributed by atoms with E-state index >= 15 is 0 Å². The predicted molar refractivity (Wildman–Crippen MR) is 94.6 cm³/mol. The number of nitrogens with zero attached hydrogens (tertiary/aromatic N) is 1. The van der Waals surface area contributed by atoms with Crippen LogP contribution in [0, 0.1) is 0 Å². The van der Waals surface area contributed by atoms with Crippen molar-refractivity contribution < 1.29 is 26.4 Å². The van der Waals surface area contributed by atoms with E-state index in [1.54, 1.807) is 4.98 Å². The highest BCUT2D eigenvalue weighted by Gasteiger charge is 2.69. The molecule has 0 spiro atoms. The number of H-pyrrole nitrogens is 1. The quantitative estimate of drug-likeness (QED) is 0.592. The van der Waals surface area contributed by atoms with Crippen molar-refractivity contribution in [3.63, 3.8) is 0 Å². The normalized spacial score (nSPS) is 18.9. The van der Waals surface area contributed by atoms with Crippen molar-refractivity contribution in [2.45, 2.75) is 23.2 Å². The van der Waals surface area contributed by atoms with Gasteiger partial charge in [0, 0.05) is 6.54 Å². The van der Waals surface area contributed by atoms with E-state index in [1.807, 2.05) is 5.32 Å². The number of anilines is 1. The molecular weight excluding hydrogens is 417 g/mol. The summed E-state index contributed by atoms with van der Waals surface area (Å²) in [5.74, 6) is -2.63. The lowest BCUT2D eigenvalue weighted by atomic mass is 9.94. The molecule has 1 atom stereocenters. The molecule has 0 aliphatic carbocycles. The number of fused-ring (bicyclic) bond motifs is 1. The monoisotopic (exact) mass is 430 g/mol. The maximum atomic E-state index is 14.1. The molecule has 154 valence electrons. The first-order valence-electron chi connectivity index (χ1n) is 7.91. The molecule has 2 aromatic rings. The van der Waals surface area contributed by atoms with Crippen molar-refractivity contribution in [1.82, 2.24) is 14.3 Å². The molecule has 1 aromatic heterocycles. The smallest absolute Gasteiger partial charge is 0.309 e. The summed E-state index contributed by atoms with van der Waals surface area (Å²) in [4.78, 5) is 37.8. The Balaban J connectivity index is 2.34. The molecule has 1 aliphatic heterocycles. The number of carbonyl (C=O) groups excluding carboxylic acids is 1. The topological polar surface area (TPSA) is 130 Å². The van der Waals surface area contributed by atoms with E-state index in [1.165, 1.54) is 22.9 Å². The highest BCUT2D eigenvalue weighted by atomic mass is 32.2. The highest BCUT2D eigenvalue weighted by Crippen LogP contribution is 2.45. The number of aromatic amines is 1. The van der Waals surface area contributed by atoms with E-state index in [0.717, 1.165) is 18.2 Å². The van der Waals surface area contributed by atoms with Crippen LogP contribution in [0.5, 0.6) is 0 Å². The third-order valence-corrected chi connectivity index (χ3v) is 5.69. The average Bonchev–Trinajstić information content (AvgIpc) is 2.92. The maximum Gasteiger partial charge on any atom is 0.421 e. The van der Waals surface area contributed by atoms with E-state index < -0.39 is 55.2 Å². The van der Waals surface area contributed by atoms with Crippen LogP contribution in [0.2, 0.25) is 0 Å². The van der Waals surface area contributed by atoms with Gasteiger partial charge in [-0.1, -0.05) is 24.3 Å². The highest BCUT2D eigenvalue weighted by molar-refractivity contribution is 7.89. The molecule has 1 unspecified atom stereocenters. The molecule has 0 bridgehead atoms. The van der Waals surface area contributed by atoms with Crippen LogP contribution in [-0.4, -0.2) is 30.1 Å². The minimum Gasteiger partial charge on any atom is -0.309 e. The molecule has 29 heavy (non-hydrogen) atoms. The van der Waals surface area contributed by atoms with Crippen molar-refractivity contribution >= 4 is 21.7 Å². The second-order valence-electron chi connectivity index (χ2n) is 6.00. The fraction of sp³-hybridized carbons (Fsp3) is 0.188. The first kappa shape index (κ1) is 20.5. The van der Waals surface area contributed by atoms with Crippen LogP contribution in [0.1, 0.15) is 5.56 Å². The fourth-order valence-electron chi connectivity index (χ4n) is 2.95. The van der Waals surface area contributed by atoms with Gasteiger partial charge in [0.15, 0.2) is 0 Å². The van der Waals surface area contributed by atoms with Crippen LogP contribution in [0.3, 0.4) is 0 Å². The van der Waals surface area contributed by atoms with E-state index in [-0.39, 0.29) is 6.54 Å². The molecule has 3 N–H and O–H groups in total. The molecule has 0 saturated heterocycles. The van der Waals surface area contributed by atoms with Gasteiger partial charge in [-0.05, 0) is 12.1 Å². The predicted octanol–water partition coefficient (Wildman–Crippen LogP) is 0.411. The van der Waals surface area contributed by atoms with Crippen molar-refractivity contribution in [3.05, 3.63) is 69.4 Å². The van der Waals surface area contributed by atoms with Gasteiger partial charge < -0.3 is 5.32 Å². The van der Waals surface area contributed by atoms with Gasteiger partial charge in [-0.15, -0.1) is 6.58 Å². The molecule has 0 fully saturated rings. The van der Waals surface area contributed by atoms with Gasteiger partial charge >= 0.3 is 11.9 Å². The molecular formula is C16H13F3N4O5S. The van der Waals surface area contributed by atoms with E-state index in [4.69, 9.17) is 0 Å². The summed E-state index contributed by atoms with van der Waals surface area (Å²) in [6.45, 7) is 3.00. The largest absolute Gasteiger partial charge is 0.421 e. The number of allylic oxidation sites excluding steroid dienone is 1. The zero-order valence-corrected chi connectivity index (χ0v) is 15.2. The zero-order valence-electron chi connectivity index (χ0n) is 14.4. The molecule has 2 heterocycles. The molecule has 1 amide bonds. The van der Waals surface area contributed by atoms with Crippen LogP contribution in [-0.2, 0) is 26.9 Å². The number of nitrogens with one attached hydrogen (secondary N) is 3. The number of hydrogen-bond acceptors (Lipinski definition) is 5. The maximum absolute atomic E-state index is 14.1. The van der Waals surface area contributed by atoms with E-state index in [2.05, 4.69) is 6.58 Å². The van der Waals surface area contributed by atoms with Crippen molar-refractivity contribution in [2.75, 3.05) is 5.32 Å². The Labute approximate surface area is 160 Å². The van der Waals surface area contributed by atoms with Gasteiger partial charge in [-0.25, -0.2) is 13.2 Å². The van der Waals surface area contributed by atoms with Gasteiger partial charge in [-0.2, -0.15) is 17.9 Å². The first-order chi connectivity index (χ1) is 13.5. The third-order valence-electron chi connectivity index (χ3n) is 4.22. The standard InChI is InChI=1S/C16H13F3N4O5S/c1-2-8-23-11-10(12(24)21-14(23)26)15(13(25)20-11,16(17,18)19)22-29(27,28)9-6-4-3-5-7-9/h2-7,22H,1,8H2,(H,20,25)(H,21,24,26). The fourth-order valence-corrected chi connectivity index (χ4v) is 4.30. The van der Waals surface area contributed by atoms with Gasteiger partial charge in [0.25, 0.3) is 11.5 Å². The number of benzene rings is 1. The van der Waals surface area contributed by atoms with E-state index in [9.17, 15) is 36.0 Å². The average molecular weight is 430 g/mol. The zero-order chi connectivity index (χ0) is 21.6. The second kappa shape index (κ2) is 6.70. The third kappa shape index (κ3) is 3.07. The van der Waals surface area contributed by atoms with Crippen LogP contribution in [0.25, 0.3) is 0 Å². The summed E-state index contributed by atoms with van der Waals surface area (Å²) < 4.78 is 69.6. The number of sulfonamides is 1. The van der Waals surface area contributed by atoms with Gasteiger partial charge in [0.2, 0.25) is 15.6 Å². The van der Waals surface area contributed by atoms with Crippen LogP contribution in [0.15, 0.2) is 57.5 Å². The molecule has 3 rings (SSSR count). The van der Waals surface area contributed by atoms with Crippen molar-refractivity contribution in [2.24, 2.45) is 0 Å². The Morgan fingerprint density at radius 3 is 2.34 bits per heavy atom. The Morgan fingerprint density at radius 1 is 1.17 bits per heavy atom. The summed E-state index contributed by atoms with van der Waals surface area (Å²) in [6.07, 6.45) is -4.42. The van der Waals surface area contributed by atoms with E-state index in [0.29, 0.717) is 4.57 Å². The minimum absolute atomic E-state index is 0.350. The lowest BCUT2D eigenvalue weighted by Crippen LogP contribution is -2.61. The van der Waals surface area contributed by atoms with Crippen LogP contribution in [0.4, 0.5) is 19.0 Å². The number of hydrogen-bond donors (Lipinski definition) is 3. The molecule has 0 saturated carbocycles. The summed E-state index contributed by atoms with van der Waals surface area (Å²) in [5.41, 5.74) is -7.88. The Kier molecular flexibility index (Phi) is 4.75. The lowest BCUT2D eigenvalue weighted by molar-refractivity contribution is -0.194. The summed E-state index contributed by atoms with van der Waals surface area (Å²) in [7, 11) is -4.90. The number of aromatic nitrogens is 2. The number of alkyl halides is 3. The molecule has 1 aromatic carbocycles. The molecule has 13 heteroatoms. The van der Waals surface area contributed by atoms with Gasteiger partial charge in [0.1, 0.15) is 5.82 Å². The van der Waals surface area contributed by atoms with Gasteiger partial charge in [-0.3, -0.25) is 19.1 Å². The molecule has 9 nitrogen and oxygen atoms in total. The summed E-state index contributed by atoms with van der Waals surface area (Å²) >= 11 is 0. The lowest BCUT2D eigenvalue weighted by Gasteiger charge is -2.29. The van der Waals surface area contributed by atoms with Crippen LogP contribution < -0.4 is 21.3 Å². The number of rotatable bonds is 5.